The van der Waals surface area contributed by atoms with Crippen LogP contribution in [-0.4, -0.2) is 16.6 Å². The lowest BCUT2D eigenvalue weighted by Gasteiger charge is -2.44. The highest BCUT2D eigenvalue weighted by atomic mass is 16.3. The molecule has 0 aliphatic heterocycles. The molecule has 2 aliphatic rings. The lowest BCUT2D eigenvalue weighted by atomic mass is 9.64. The number of hydrogen-bond donors (Lipinski definition) is 2. The molecular formula is C16H29NO2. The molecule has 110 valence electrons. The predicted molar refractivity (Wildman–Crippen MR) is 76.5 cm³/mol. The van der Waals surface area contributed by atoms with Crippen LogP contribution in [0.4, 0.5) is 0 Å². The number of primary amides is 1. The molecular weight excluding hydrogens is 238 g/mol. The summed E-state index contributed by atoms with van der Waals surface area (Å²) in [6, 6.07) is 0. The molecule has 3 nitrogen and oxygen atoms in total. The minimum Gasteiger partial charge on any atom is -0.379 e. The summed E-state index contributed by atoms with van der Waals surface area (Å²) in [5.74, 6) is 0.0646. The van der Waals surface area contributed by atoms with Gasteiger partial charge in [-0.05, 0) is 30.6 Å². The summed E-state index contributed by atoms with van der Waals surface area (Å²) in [6.45, 7) is 2.05. The predicted octanol–water partition coefficient (Wildman–Crippen LogP) is 3.00. The summed E-state index contributed by atoms with van der Waals surface area (Å²) in [6.07, 6.45) is 11.4. The molecule has 2 saturated carbocycles. The molecule has 2 aliphatic carbocycles. The topological polar surface area (TPSA) is 63.3 Å². The Hall–Kier alpha value is -0.570. The van der Waals surface area contributed by atoms with E-state index < -0.39 is 11.5 Å². The maximum Gasteiger partial charge on any atom is 0.249 e. The SMILES string of the molecule is CC(C1CCCCC1)C(O)(C(N)=O)C1CCCCC1. The van der Waals surface area contributed by atoms with Crippen LogP contribution in [0.5, 0.6) is 0 Å². The average molecular weight is 267 g/mol. The second-order valence-electron chi connectivity index (χ2n) is 6.71. The Kier molecular flexibility index (Phi) is 4.88. The average Bonchev–Trinajstić information content (AvgIpc) is 2.47. The van der Waals surface area contributed by atoms with Gasteiger partial charge in [0.25, 0.3) is 0 Å². The van der Waals surface area contributed by atoms with Crippen molar-refractivity contribution in [3.05, 3.63) is 0 Å². The van der Waals surface area contributed by atoms with E-state index in [1.807, 2.05) is 0 Å². The standard InChI is InChI=1S/C16H29NO2/c1-12(13-8-4-2-5-9-13)16(19,15(17)18)14-10-6-3-7-11-14/h12-14,19H,2-11H2,1H3,(H2,17,18). The van der Waals surface area contributed by atoms with Gasteiger partial charge in [-0.25, -0.2) is 0 Å². The van der Waals surface area contributed by atoms with Crippen molar-refractivity contribution in [2.75, 3.05) is 0 Å². The van der Waals surface area contributed by atoms with Gasteiger partial charge in [-0.15, -0.1) is 0 Å². The number of rotatable bonds is 4. The van der Waals surface area contributed by atoms with Crippen LogP contribution in [0, 0.1) is 17.8 Å². The number of carbonyl (C=O) groups excluding carboxylic acids is 1. The van der Waals surface area contributed by atoms with Crippen molar-refractivity contribution in [3.63, 3.8) is 0 Å². The Labute approximate surface area is 116 Å². The largest absolute Gasteiger partial charge is 0.379 e. The first-order valence-corrected chi connectivity index (χ1v) is 8.09. The highest BCUT2D eigenvalue weighted by Crippen LogP contribution is 2.43. The molecule has 0 spiro atoms. The highest BCUT2D eigenvalue weighted by Gasteiger charge is 2.49. The van der Waals surface area contributed by atoms with Crippen molar-refractivity contribution in [3.8, 4) is 0 Å². The summed E-state index contributed by atoms with van der Waals surface area (Å²) in [5, 5.41) is 11.1. The normalized spacial score (nSPS) is 27.7. The Bertz CT molecular complexity index is 306. The first-order chi connectivity index (χ1) is 9.06. The molecule has 0 aromatic heterocycles. The lowest BCUT2D eigenvalue weighted by molar-refractivity contribution is -0.156. The molecule has 0 radical (unpaired) electrons. The summed E-state index contributed by atoms with van der Waals surface area (Å²) in [7, 11) is 0. The van der Waals surface area contributed by atoms with Gasteiger partial charge in [0, 0.05) is 0 Å². The van der Waals surface area contributed by atoms with E-state index in [1.165, 1.54) is 25.7 Å². The van der Waals surface area contributed by atoms with Crippen molar-refractivity contribution in [1.82, 2.24) is 0 Å². The minimum absolute atomic E-state index is 0.00778. The summed E-state index contributed by atoms with van der Waals surface area (Å²) >= 11 is 0. The van der Waals surface area contributed by atoms with E-state index in [2.05, 4.69) is 6.92 Å². The Morgan fingerprint density at radius 1 is 1.05 bits per heavy atom. The van der Waals surface area contributed by atoms with E-state index in [0.717, 1.165) is 38.5 Å². The maximum absolute atomic E-state index is 12.0. The highest BCUT2D eigenvalue weighted by molar-refractivity contribution is 5.84. The summed E-state index contributed by atoms with van der Waals surface area (Å²) in [4.78, 5) is 12.0. The molecule has 2 unspecified atom stereocenters. The zero-order chi connectivity index (χ0) is 13.9. The molecule has 3 heteroatoms. The van der Waals surface area contributed by atoms with Crippen LogP contribution in [0.1, 0.15) is 71.1 Å². The van der Waals surface area contributed by atoms with Crippen LogP contribution in [0.2, 0.25) is 0 Å². The first-order valence-electron chi connectivity index (χ1n) is 8.09. The fourth-order valence-electron chi connectivity index (χ4n) is 4.33. The van der Waals surface area contributed by atoms with Crippen LogP contribution in [-0.2, 0) is 4.79 Å². The number of carbonyl (C=O) groups is 1. The third-order valence-electron chi connectivity index (χ3n) is 5.67. The molecule has 0 aromatic carbocycles. The smallest absolute Gasteiger partial charge is 0.249 e. The van der Waals surface area contributed by atoms with E-state index >= 15 is 0 Å². The molecule has 2 atom stereocenters. The molecule has 19 heavy (non-hydrogen) atoms. The van der Waals surface area contributed by atoms with E-state index in [9.17, 15) is 9.90 Å². The van der Waals surface area contributed by atoms with E-state index in [0.29, 0.717) is 5.92 Å². The van der Waals surface area contributed by atoms with Crippen molar-refractivity contribution in [1.29, 1.82) is 0 Å². The van der Waals surface area contributed by atoms with Crippen molar-refractivity contribution < 1.29 is 9.90 Å². The molecule has 0 aromatic rings. The van der Waals surface area contributed by atoms with Crippen molar-refractivity contribution in [2.24, 2.45) is 23.5 Å². The Balaban J connectivity index is 2.14. The fourth-order valence-corrected chi connectivity index (χ4v) is 4.33. The number of amides is 1. The Morgan fingerprint density at radius 2 is 1.53 bits per heavy atom. The number of hydrogen-bond acceptors (Lipinski definition) is 2. The lowest BCUT2D eigenvalue weighted by Crippen LogP contribution is -2.57. The van der Waals surface area contributed by atoms with Gasteiger partial charge in [0.15, 0.2) is 0 Å². The van der Waals surface area contributed by atoms with Crippen LogP contribution >= 0.6 is 0 Å². The number of nitrogens with two attached hydrogens (primary N) is 1. The van der Waals surface area contributed by atoms with Crippen LogP contribution in [0.25, 0.3) is 0 Å². The first kappa shape index (κ1) is 14.8. The zero-order valence-corrected chi connectivity index (χ0v) is 12.2. The molecule has 1 amide bonds. The summed E-state index contributed by atoms with van der Waals surface area (Å²) in [5.41, 5.74) is 4.35. The van der Waals surface area contributed by atoms with Gasteiger partial charge in [-0.1, -0.05) is 58.3 Å². The van der Waals surface area contributed by atoms with E-state index in [1.54, 1.807) is 0 Å². The molecule has 0 saturated heterocycles. The molecule has 0 heterocycles. The molecule has 2 fully saturated rings. The number of aliphatic hydroxyl groups is 1. The zero-order valence-electron chi connectivity index (χ0n) is 12.2. The molecule has 0 bridgehead atoms. The van der Waals surface area contributed by atoms with Gasteiger partial charge < -0.3 is 10.8 Å². The summed E-state index contributed by atoms with van der Waals surface area (Å²) < 4.78 is 0. The second kappa shape index (κ2) is 6.25. The van der Waals surface area contributed by atoms with Crippen molar-refractivity contribution in [2.45, 2.75) is 76.7 Å². The maximum atomic E-state index is 12.0. The quantitative estimate of drug-likeness (QED) is 0.822. The molecule has 2 rings (SSSR count). The van der Waals surface area contributed by atoms with E-state index in [4.69, 9.17) is 5.73 Å². The van der Waals surface area contributed by atoms with Gasteiger partial charge in [0.2, 0.25) is 5.91 Å². The third-order valence-corrected chi connectivity index (χ3v) is 5.67. The van der Waals surface area contributed by atoms with Gasteiger partial charge >= 0.3 is 0 Å². The Morgan fingerprint density at radius 3 is 2.00 bits per heavy atom. The van der Waals surface area contributed by atoms with Crippen LogP contribution in [0.15, 0.2) is 0 Å². The van der Waals surface area contributed by atoms with Gasteiger partial charge in [0.05, 0.1) is 0 Å². The van der Waals surface area contributed by atoms with E-state index in [-0.39, 0.29) is 11.8 Å². The van der Waals surface area contributed by atoms with Gasteiger partial charge in [0.1, 0.15) is 5.60 Å². The monoisotopic (exact) mass is 267 g/mol. The van der Waals surface area contributed by atoms with Crippen LogP contribution in [0.3, 0.4) is 0 Å². The molecule has 3 N–H and O–H groups in total. The fraction of sp³-hybridized carbons (Fsp3) is 0.938. The van der Waals surface area contributed by atoms with Gasteiger partial charge in [-0.3, -0.25) is 4.79 Å². The third kappa shape index (κ3) is 2.96. The van der Waals surface area contributed by atoms with Crippen molar-refractivity contribution >= 4 is 5.91 Å². The second-order valence-corrected chi connectivity index (χ2v) is 6.71. The van der Waals surface area contributed by atoms with Gasteiger partial charge in [-0.2, -0.15) is 0 Å². The van der Waals surface area contributed by atoms with Crippen LogP contribution < -0.4 is 5.73 Å². The minimum atomic E-state index is -1.28.